The molecule has 0 aliphatic heterocycles. The van der Waals surface area contributed by atoms with Crippen molar-refractivity contribution in [2.75, 3.05) is 10.6 Å². The Bertz CT molecular complexity index is 972. The van der Waals surface area contributed by atoms with E-state index in [0.29, 0.717) is 28.7 Å². The van der Waals surface area contributed by atoms with E-state index in [9.17, 15) is 13.2 Å². The molecule has 1 heterocycles. The summed E-state index contributed by atoms with van der Waals surface area (Å²) in [5.41, 5.74) is 1.91. The van der Waals surface area contributed by atoms with Gasteiger partial charge in [-0.1, -0.05) is 43.3 Å². The summed E-state index contributed by atoms with van der Waals surface area (Å²) in [5.74, 6) is 0.847. The van der Waals surface area contributed by atoms with Gasteiger partial charge < -0.3 is 10.6 Å². The summed E-state index contributed by atoms with van der Waals surface area (Å²) in [6, 6.07) is 15.1. The number of rotatable bonds is 6. The van der Waals surface area contributed by atoms with Crippen molar-refractivity contribution in [3.63, 3.8) is 0 Å². The molecule has 2 N–H and O–H groups in total. The molecule has 0 amide bonds. The van der Waals surface area contributed by atoms with Crippen LogP contribution in [0.15, 0.2) is 54.6 Å². The summed E-state index contributed by atoms with van der Waals surface area (Å²) in [4.78, 5) is 9.03. The topological polar surface area (TPSA) is 49.8 Å². The van der Waals surface area contributed by atoms with Crippen molar-refractivity contribution in [1.29, 1.82) is 0 Å². The summed E-state index contributed by atoms with van der Waals surface area (Å²) >= 11 is 0. The molecule has 3 aromatic rings. The second kappa shape index (κ2) is 8.51. The maximum Gasteiger partial charge on any atom is 0.416 e. The summed E-state index contributed by atoms with van der Waals surface area (Å²) in [6.07, 6.45) is -3.53. The van der Waals surface area contributed by atoms with Gasteiger partial charge in [-0.2, -0.15) is 18.2 Å². The maximum absolute atomic E-state index is 13.1. The van der Waals surface area contributed by atoms with Crippen molar-refractivity contribution in [3.05, 3.63) is 65.7 Å². The Kier molecular flexibility index (Phi) is 6.06. The molecule has 0 spiro atoms. The Morgan fingerprint density at radius 1 is 1.00 bits per heavy atom. The highest BCUT2D eigenvalue weighted by atomic mass is 19.4. The van der Waals surface area contributed by atoms with Crippen LogP contribution in [0, 0.1) is 6.92 Å². The van der Waals surface area contributed by atoms with Gasteiger partial charge in [0.2, 0.25) is 5.95 Å². The van der Waals surface area contributed by atoms with Crippen molar-refractivity contribution in [2.45, 2.75) is 39.4 Å². The second-order valence-corrected chi connectivity index (χ2v) is 6.93. The molecule has 3 rings (SSSR count). The molecule has 0 saturated carbocycles. The van der Waals surface area contributed by atoms with Gasteiger partial charge in [0.05, 0.1) is 11.3 Å². The number of aryl methyl sites for hydroxylation is 1. The van der Waals surface area contributed by atoms with E-state index in [1.54, 1.807) is 13.0 Å². The van der Waals surface area contributed by atoms with Crippen LogP contribution < -0.4 is 10.6 Å². The first kappa shape index (κ1) is 20.6. The van der Waals surface area contributed by atoms with Crippen molar-refractivity contribution in [2.24, 2.45) is 0 Å². The normalized spacial score (nSPS) is 12.5. The Morgan fingerprint density at radius 2 is 1.72 bits per heavy atom. The molecule has 0 bridgehead atoms. The molecule has 0 aliphatic rings. The molecule has 0 fully saturated rings. The molecule has 29 heavy (non-hydrogen) atoms. The van der Waals surface area contributed by atoms with Gasteiger partial charge in [-0.25, -0.2) is 4.98 Å². The van der Waals surface area contributed by atoms with Gasteiger partial charge in [-0.3, -0.25) is 0 Å². The number of hydrogen-bond acceptors (Lipinski definition) is 4. The van der Waals surface area contributed by atoms with Crippen LogP contribution >= 0.6 is 0 Å². The van der Waals surface area contributed by atoms with Gasteiger partial charge in [0.15, 0.2) is 0 Å². The fourth-order valence-electron chi connectivity index (χ4n) is 2.73. The van der Waals surface area contributed by atoms with Crippen LogP contribution in [-0.4, -0.2) is 16.0 Å². The Hall–Kier alpha value is -3.09. The molecule has 0 aliphatic carbocycles. The van der Waals surface area contributed by atoms with Gasteiger partial charge >= 0.3 is 6.18 Å². The van der Waals surface area contributed by atoms with Crippen molar-refractivity contribution in [3.8, 4) is 11.3 Å². The van der Waals surface area contributed by atoms with E-state index in [1.165, 1.54) is 6.07 Å². The molecule has 0 radical (unpaired) electrons. The standard InChI is InChI=1S/C22H23F3N4/c1-4-15(3)26-21-28-19(16-8-6-5-7-9-16)13-20(29-21)27-18-12-17(22(23,24)25)11-10-14(18)2/h5-13,15H,4H2,1-3H3,(H2,26,27,28,29)/t15-/m1/s1. The van der Waals surface area contributed by atoms with Gasteiger partial charge in [-0.05, 0) is 38.0 Å². The average Bonchev–Trinajstić information content (AvgIpc) is 2.69. The lowest BCUT2D eigenvalue weighted by Crippen LogP contribution is -2.16. The minimum absolute atomic E-state index is 0.157. The zero-order chi connectivity index (χ0) is 21.0. The van der Waals surface area contributed by atoms with Gasteiger partial charge in [0, 0.05) is 23.4 Å². The number of hydrogen-bond donors (Lipinski definition) is 2. The van der Waals surface area contributed by atoms with E-state index >= 15 is 0 Å². The van der Waals surface area contributed by atoms with E-state index in [-0.39, 0.29) is 6.04 Å². The zero-order valence-corrected chi connectivity index (χ0v) is 16.5. The summed E-state index contributed by atoms with van der Waals surface area (Å²) in [5, 5.41) is 6.27. The third-order valence-corrected chi connectivity index (χ3v) is 4.61. The molecule has 0 saturated heterocycles. The van der Waals surface area contributed by atoms with Crippen LogP contribution in [0.4, 0.5) is 30.6 Å². The van der Waals surface area contributed by atoms with Crippen molar-refractivity contribution in [1.82, 2.24) is 9.97 Å². The second-order valence-electron chi connectivity index (χ2n) is 6.93. The van der Waals surface area contributed by atoms with E-state index in [0.717, 1.165) is 24.1 Å². The van der Waals surface area contributed by atoms with Crippen LogP contribution in [0.2, 0.25) is 0 Å². The third kappa shape index (κ3) is 5.25. The van der Waals surface area contributed by atoms with Gasteiger partial charge in [-0.15, -0.1) is 0 Å². The molecule has 1 atom stereocenters. The first-order chi connectivity index (χ1) is 13.8. The molecule has 2 aromatic carbocycles. The number of benzene rings is 2. The molecular weight excluding hydrogens is 377 g/mol. The van der Waals surface area contributed by atoms with E-state index in [4.69, 9.17) is 0 Å². The zero-order valence-electron chi connectivity index (χ0n) is 16.5. The Morgan fingerprint density at radius 3 is 2.38 bits per heavy atom. The molecule has 152 valence electrons. The fourth-order valence-corrected chi connectivity index (χ4v) is 2.73. The van der Waals surface area contributed by atoms with Crippen LogP contribution in [0.5, 0.6) is 0 Å². The number of anilines is 3. The van der Waals surface area contributed by atoms with Crippen molar-refractivity contribution < 1.29 is 13.2 Å². The molecule has 4 nitrogen and oxygen atoms in total. The lowest BCUT2D eigenvalue weighted by Gasteiger charge is -2.16. The number of nitrogens with zero attached hydrogens (tertiary/aromatic N) is 2. The van der Waals surface area contributed by atoms with E-state index < -0.39 is 11.7 Å². The average molecular weight is 400 g/mol. The van der Waals surface area contributed by atoms with Crippen LogP contribution in [0.1, 0.15) is 31.4 Å². The minimum atomic E-state index is -4.41. The first-order valence-electron chi connectivity index (χ1n) is 9.42. The Balaban J connectivity index is 2.01. The minimum Gasteiger partial charge on any atom is -0.352 e. The smallest absolute Gasteiger partial charge is 0.352 e. The highest BCUT2D eigenvalue weighted by Gasteiger charge is 2.30. The summed E-state index contributed by atoms with van der Waals surface area (Å²) in [6.45, 7) is 5.81. The molecule has 0 unspecified atom stereocenters. The van der Waals surface area contributed by atoms with Crippen LogP contribution in [0.3, 0.4) is 0 Å². The monoisotopic (exact) mass is 400 g/mol. The fraction of sp³-hybridized carbons (Fsp3) is 0.273. The lowest BCUT2D eigenvalue weighted by molar-refractivity contribution is -0.137. The molecule has 1 aromatic heterocycles. The van der Waals surface area contributed by atoms with E-state index in [2.05, 4.69) is 20.6 Å². The SMILES string of the molecule is CC[C@@H](C)Nc1nc(Nc2cc(C(F)(F)F)ccc2C)cc(-c2ccccc2)n1. The van der Waals surface area contributed by atoms with Gasteiger partial charge in [0.1, 0.15) is 5.82 Å². The summed E-state index contributed by atoms with van der Waals surface area (Å²) < 4.78 is 39.3. The third-order valence-electron chi connectivity index (χ3n) is 4.61. The van der Waals surface area contributed by atoms with Gasteiger partial charge in [0.25, 0.3) is 0 Å². The predicted molar refractivity (Wildman–Crippen MR) is 110 cm³/mol. The predicted octanol–water partition coefficient (Wildman–Crippen LogP) is 6.42. The molecule has 7 heteroatoms. The lowest BCUT2D eigenvalue weighted by atomic mass is 10.1. The highest BCUT2D eigenvalue weighted by molar-refractivity contribution is 5.69. The van der Waals surface area contributed by atoms with Crippen molar-refractivity contribution >= 4 is 17.5 Å². The highest BCUT2D eigenvalue weighted by Crippen LogP contribution is 2.33. The van der Waals surface area contributed by atoms with Crippen LogP contribution in [-0.2, 0) is 6.18 Å². The number of aromatic nitrogens is 2. The van der Waals surface area contributed by atoms with Crippen LogP contribution in [0.25, 0.3) is 11.3 Å². The Labute approximate surface area is 168 Å². The maximum atomic E-state index is 13.1. The quantitative estimate of drug-likeness (QED) is 0.501. The largest absolute Gasteiger partial charge is 0.416 e. The number of nitrogens with one attached hydrogen (secondary N) is 2. The number of halogens is 3. The number of alkyl halides is 3. The molecular formula is C22H23F3N4. The summed E-state index contributed by atoms with van der Waals surface area (Å²) in [7, 11) is 0. The van der Waals surface area contributed by atoms with E-state index in [1.807, 2.05) is 44.2 Å². The first-order valence-corrected chi connectivity index (χ1v) is 9.42.